The topological polar surface area (TPSA) is 75.4 Å². The number of nitrogens with one attached hydrogen (secondary N) is 1. The van der Waals surface area contributed by atoms with Crippen LogP contribution < -0.4 is 11.1 Å². The van der Waals surface area contributed by atoms with Gasteiger partial charge in [0.25, 0.3) is 5.91 Å². The van der Waals surface area contributed by atoms with Crippen LogP contribution in [0, 0.1) is 0 Å². The molecule has 25 heavy (non-hydrogen) atoms. The van der Waals surface area contributed by atoms with Crippen molar-refractivity contribution < 1.29 is 9.59 Å². The number of nitrogens with zero attached hydrogens (tertiary/aromatic N) is 1. The Labute approximate surface area is 148 Å². The van der Waals surface area contributed by atoms with E-state index in [1.807, 2.05) is 42.5 Å². The van der Waals surface area contributed by atoms with Gasteiger partial charge in [-0.1, -0.05) is 30.3 Å². The fourth-order valence-corrected chi connectivity index (χ4v) is 2.56. The van der Waals surface area contributed by atoms with E-state index >= 15 is 0 Å². The molecule has 0 aromatic heterocycles. The molecule has 5 nitrogen and oxygen atoms in total. The van der Waals surface area contributed by atoms with Gasteiger partial charge in [0.05, 0.1) is 0 Å². The van der Waals surface area contributed by atoms with Crippen LogP contribution in [0.4, 0.5) is 5.69 Å². The molecule has 0 aliphatic heterocycles. The number of aryl methyl sites for hydroxylation is 1. The largest absolute Gasteiger partial charge is 0.399 e. The van der Waals surface area contributed by atoms with Gasteiger partial charge >= 0.3 is 0 Å². The first-order valence-corrected chi connectivity index (χ1v) is 8.38. The third-order valence-corrected chi connectivity index (χ3v) is 3.99. The molecule has 2 amide bonds. The highest BCUT2D eigenvalue weighted by Crippen LogP contribution is 2.12. The number of anilines is 1. The zero-order valence-corrected chi connectivity index (χ0v) is 14.8. The molecule has 0 bridgehead atoms. The molecular weight excluding hydrogens is 314 g/mol. The molecule has 0 saturated heterocycles. The lowest BCUT2D eigenvalue weighted by atomic mass is 10.1. The second-order valence-electron chi connectivity index (χ2n) is 6.20. The molecule has 2 rings (SSSR count). The molecule has 0 spiro atoms. The smallest absolute Gasteiger partial charge is 0.253 e. The summed E-state index contributed by atoms with van der Waals surface area (Å²) >= 11 is 0. The maximum Gasteiger partial charge on any atom is 0.253 e. The van der Waals surface area contributed by atoms with Crippen LogP contribution in [0.5, 0.6) is 0 Å². The lowest BCUT2D eigenvalue weighted by Gasteiger charge is -2.11. The molecular formula is C20H25N3O2. The molecule has 2 aromatic rings. The van der Waals surface area contributed by atoms with Gasteiger partial charge in [0.2, 0.25) is 5.91 Å². The van der Waals surface area contributed by atoms with Crippen LogP contribution in [-0.2, 0) is 17.6 Å². The number of hydrogen-bond donors (Lipinski definition) is 2. The Morgan fingerprint density at radius 1 is 1.04 bits per heavy atom. The minimum absolute atomic E-state index is 0.00350. The van der Waals surface area contributed by atoms with Gasteiger partial charge in [-0.2, -0.15) is 0 Å². The van der Waals surface area contributed by atoms with Crippen molar-refractivity contribution in [2.75, 3.05) is 26.4 Å². The molecule has 0 heterocycles. The maximum atomic E-state index is 12.0. The average Bonchev–Trinajstić information content (AvgIpc) is 2.60. The van der Waals surface area contributed by atoms with E-state index in [0.29, 0.717) is 31.4 Å². The molecule has 0 unspecified atom stereocenters. The third-order valence-electron chi connectivity index (χ3n) is 3.99. The number of benzene rings is 2. The molecule has 0 radical (unpaired) electrons. The summed E-state index contributed by atoms with van der Waals surface area (Å²) in [4.78, 5) is 25.5. The lowest BCUT2D eigenvalue weighted by molar-refractivity contribution is -0.121. The number of hydrogen-bond acceptors (Lipinski definition) is 3. The predicted molar refractivity (Wildman–Crippen MR) is 100 cm³/mol. The number of rotatable bonds is 7. The second-order valence-corrected chi connectivity index (χ2v) is 6.20. The number of carbonyl (C=O) groups excluding carboxylic acids is 2. The Morgan fingerprint density at radius 2 is 1.80 bits per heavy atom. The number of para-hydroxylation sites is 1. The van der Waals surface area contributed by atoms with E-state index in [1.54, 1.807) is 25.1 Å². The predicted octanol–water partition coefficient (Wildman–Crippen LogP) is 2.26. The van der Waals surface area contributed by atoms with Crippen molar-refractivity contribution in [1.82, 2.24) is 10.2 Å². The van der Waals surface area contributed by atoms with Crippen LogP contribution in [-0.4, -0.2) is 37.4 Å². The van der Waals surface area contributed by atoms with Gasteiger partial charge in [-0.05, 0) is 42.2 Å². The van der Waals surface area contributed by atoms with E-state index < -0.39 is 0 Å². The molecule has 0 aliphatic carbocycles. The summed E-state index contributed by atoms with van der Waals surface area (Å²) in [6.07, 6.45) is 1.73. The van der Waals surface area contributed by atoms with E-state index in [0.717, 1.165) is 16.8 Å². The average molecular weight is 339 g/mol. The Kier molecular flexibility index (Phi) is 6.57. The van der Waals surface area contributed by atoms with Gasteiger partial charge in [0.15, 0.2) is 0 Å². The third kappa shape index (κ3) is 5.64. The van der Waals surface area contributed by atoms with E-state index in [2.05, 4.69) is 5.32 Å². The summed E-state index contributed by atoms with van der Waals surface area (Å²) < 4.78 is 0. The SMILES string of the molecule is CN(C)C(=O)c1cccc(CCNC(=O)CCc2ccccc2N)c1. The minimum atomic E-state index is -0.0219. The van der Waals surface area contributed by atoms with Gasteiger partial charge < -0.3 is 16.0 Å². The number of amides is 2. The van der Waals surface area contributed by atoms with Crippen LogP contribution in [0.15, 0.2) is 48.5 Å². The highest BCUT2D eigenvalue weighted by molar-refractivity contribution is 5.94. The Morgan fingerprint density at radius 3 is 2.52 bits per heavy atom. The first-order chi connectivity index (χ1) is 12.0. The molecule has 2 aromatic carbocycles. The van der Waals surface area contributed by atoms with Crippen LogP contribution in [0.2, 0.25) is 0 Å². The lowest BCUT2D eigenvalue weighted by Crippen LogP contribution is -2.26. The summed E-state index contributed by atoms with van der Waals surface area (Å²) in [7, 11) is 3.46. The summed E-state index contributed by atoms with van der Waals surface area (Å²) in [5.41, 5.74) is 9.28. The molecule has 0 fully saturated rings. The number of nitrogens with two attached hydrogens (primary N) is 1. The van der Waals surface area contributed by atoms with Crippen molar-refractivity contribution in [2.45, 2.75) is 19.3 Å². The summed E-state index contributed by atoms with van der Waals surface area (Å²) in [5.74, 6) is -0.0184. The monoisotopic (exact) mass is 339 g/mol. The number of nitrogen functional groups attached to an aromatic ring is 1. The van der Waals surface area contributed by atoms with Crippen molar-refractivity contribution in [1.29, 1.82) is 0 Å². The second kappa shape index (κ2) is 8.87. The van der Waals surface area contributed by atoms with Crippen molar-refractivity contribution in [3.63, 3.8) is 0 Å². The van der Waals surface area contributed by atoms with Crippen LogP contribution in [0.25, 0.3) is 0 Å². The first-order valence-electron chi connectivity index (χ1n) is 8.38. The Bertz CT molecular complexity index is 741. The van der Waals surface area contributed by atoms with E-state index in [9.17, 15) is 9.59 Å². The normalized spacial score (nSPS) is 10.3. The Balaban J connectivity index is 1.78. The van der Waals surface area contributed by atoms with Crippen molar-refractivity contribution in [3.8, 4) is 0 Å². The standard InChI is InChI=1S/C20H25N3O2/c1-23(2)20(25)17-8-5-6-15(14-17)12-13-22-19(24)11-10-16-7-3-4-9-18(16)21/h3-9,14H,10-13,21H2,1-2H3,(H,22,24). The molecule has 0 saturated carbocycles. The van der Waals surface area contributed by atoms with Gasteiger partial charge in [0, 0.05) is 38.3 Å². The molecule has 132 valence electrons. The first kappa shape index (κ1) is 18.5. The van der Waals surface area contributed by atoms with Gasteiger partial charge in [-0.15, -0.1) is 0 Å². The summed E-state index contributed by atoms with van der Waals surface area (Å²) in [5, 5.41) is 2.92. The van der Waals surface area contributed by atoms with Gasteiger partial charge in [-0.3, -0.25) is 9.59 Å². The van der Waals surface area contributed by atoms with Gasteiger partial charge in [0.1, 0.15) is 0 Å². The minimum Gasteiger partial charge on any atom is -0.399 e. The molecule has 5 heteroatoms. The fraction of sp³-hybridized carbons (Fsp3) is 0.300. The van der Waals surface area contributed by atoms with Crippen molar-refractivity contribution in [2.24, 2.45) is 0 Å². The number of carbonyl (C=O) groups is 2. The van der Waals surface area contributed by atoms with E-state index in [-0.39, 0.29) is 11.8 Å². The fourth-order valence-electron chi connectivity index (χ4n) is 2.56. The van der Waals surface area contributed by atoms with Crippen LogP contribution in [0.3, 0.4) is 0 Å². The Hall–Kier alpha value is -2.82. The highest BCUT2D eigenvalue weighted by Gasteiger charge is 2.08. The zero-order chi connectivity index (χ0) is 18.2. The molecule has 0 atom stereocenters. The van der Waals surface area contributed by atoms with E-state index in [4.69, 9.17) is 5.73 Å². The van der Waals surface area contributed by atoms with Crippen molar-refractivity contribution in [3.05, 3.63) is 65.2 Å². The van der Waals surface area contributed by atoms with Crippen LogP contribution >= 0.6 is 0 Å². The maximum absolute atomic E-state index is 12.0. The van der Waals surface area contributed by atoms with Crippen LogP contribution in [0.1, 0.15) is 27.9 Å². The van der Waals surface area contributed by atoms with Gasteiger partial charge in [-0.25, -0.2) is 0 Å². The van der Waals surface area contributed by atoms with Crippen molar-refractivity contribution >= 4 is 17.5 Å². The molecule has 3 N–H and O–H groups in total. The molecule has 0 aliphatic rings. The summed E-state index contributed by atoms with van der Waals surface area (Å²) in [6, 6.07) is 15.1. The summed E-state index contributed by atoms with van der Waals surface area (Å²) in [6.45, 7) is 0.544. The quantitative estimate of drug-likeness (QED) is 0.760. The highest BCUT2D eigenvalue weighted by atomic mass is 16.2. The zero-order valence-electron chi connectivity index (χ0n) is 14.8. The van der Waals surface area contributed by atoms with E-state index in [1.165, 1.54) is 0 Å².